The Labute approximate surface area is 135 Å². The van der Waals surface area contributed by atoms with Gasteiger partial charge in [-0.25, -0.2) is 8.42 Å². The molecule has 1 fully saturated rings. The largest absolute Gasteiger partial charge is 0.344 e. The van der Waals surface area contributed by atoms with Crippen molar-refractivity contribution in [2.75, 3.05) is 26.7 Å². The van der Waals surface area contributed by atoms with E-state index in [1.54, 1.807) is 24.6 Å². The van der Waals surface area contributed by atoms with E-state index >= 15 is 0 Å². The highest BCUT2D eigenvalue weighted by Crippen LogP contribution is 2.27. The summed E-state index contributed by atoms with van der Waals surface area (Å²) in [4.78, 5) is 13.9. The van der Waals surface area contributed by atoms with Crippen LogP contribution >= 0.6 is 11.3 Å². The lowest BCUT2D eigenvalue weighted by molar-refractivity contribution is -0.135. The maximum Gasteiger partial charge on any atom is 0.252 e. The molecule has 1 aromatic rings. The van der Waals surface area contributed by atoms with Crippen molar-refractivity contribution >= 4 is 27.3 Å². The zero-order valence-corrected chi connectivity index (χ0v) is 14.1. The summed E-state index contributed by atoms with van der Waals surface area (Å²) in [5.74, 6) is -0.409. The molecule has 0 N–H and O–H groups in total. The van der Waals surface area contributed by atoms with E-state index < -0.39 is 10.0 Å². The first-order valence-electron chi connectivity index (χ1n) is 7.12. The molecule has 2 rings (SSSR count). The molecule has 1 amide bonds. The molecular formula is C14H19N3O3S2. The number of sulfonamides is 1. The topological polar surface area (TPSA) is 81.5 Å². The van der Waals surface area contributed by atoms with Gasteiger partial charge in [0, 0.05) is 26.7 Å². The van der Waals surface area contributed by atoms with Gasteiger partial charge in [0.15, 0.2) is 0 Å². The van der Waals surface area contributed by atoms with Crippen molar-refractivity contribution < 1.29 is 13.2 Å². The number of hydrogen-bond donors (Lipinski definition) is 0. The van der Waals surface area contributed by atoms with Gasteiger partial charge in [-0.2, -0.15) is 9.57 Å². The van der Waals surface area contributed by atoms with Crippen LogP contribution in [0.15, 0.2) is 21.7 Å². The molecular weight excluding hydrogens is 322 g/mol. The molecule has 1 atom stereocenters. The van der Waals surface area contributed by atoms with Crippen molar-refractivity contribution in [1.82, 2.24) is 9.21 Å². The third-order valence-corrected chi connectivity index (χ3v) is 7.00. The SMILES string of the molecule is CN(CCC#N)C(=O)C1CCCN(S(=O)(=O)c2cccs2)C1. The van der Waals surface area contributed by atoms with Gasteiger partial charge in [-0.05, 0) is 24.3 Å². The summed E-state index contributed by atoms with van der Waals surface area (Å²) in [6, 6.07) is 5.31. The Morgan fingerprint density at radius 1 is 1.59 bits per heavy atom. The van der Waals surface area contributed by atoms with Crippen molar-refractivity contribution in [2.45, 2.75) is 23.5 Å². The highest BCUT2D eigenvalue weighted by atomic mass is 32.2. The number of carbonyl (C=O) groups excluding carboxylic acids is 1. The number of nitriles is 1. The van der Waals surface area contributed by atoms with Crippen molar-refractivity contribution in [2.24, 2.45) is 5.92 Å². The zero-order valence-electron chi connectivity index (χ0n) is 12.4. The second-order valence-corrected chi connectivity index (χ2v) is 8.41. The fourth-order valence-electron chi connectivity index (χ4n) is 2.54. The smallest absolute Gasteiger partial charge is 0.252 e. The summed E-state index contributed by atoms with van der Waals surface area (Å²) in [5, 5.41) is 10.3. The summed E-state index contributed by atoms with van der Waals surface area (Å²) in [7, 11) is -1.84. The lowest BCUT2D eigenvalue weighted by Gasteiger charge is -2.32. The first-order valence-corrected chi connectivity index (χ1v) is 9.44. The van der Waals surface area contributed by atoms with E-state index in [2.05, 4.69) is 0 Å². The Hall–Kier alpha value is -1.43. The van der Waals surface area contributed by atoms with Crippen molar-refractivity contribution in [3.05, 3.63) is 17.5 Å². The van der Waals surface area contributed by atoms with Crippen LogP contribution in [0.5, 0.6) is 0 Å². The van der Waals surface area contributed by atoms with Crippen LogP contribution in [0.4, 0.5) is 0 Å². The van der Waals surface area contributed by atoms with Gasteiger partial charge < -0.3 is 4.90 Å². The molecule has 0 bridgehead atoms. The molecule has 0 saturated carbocycles. The molecule has 0 aliphatic carbocycles. The number of piperidine rings is 1. The van der Waals surface area contributed by atoms with Crippen LogP contribution in [0.3, 0.4) is 0 Å². The quantitative estimate of drug-likeness (QED) is 0.813. The van der Waals surface area contributed by atoms with Crippen molar-refractivity contribution in [1.29, 1.82) is 5.26 Å². The molecule has 0 aromatic carbocycles. The number of rotatable bonds is 5. The normalized spacial score (nSPS) is 19.5. The predicted molar refractivity (Wildman–Crippen MR) is 83.7 cm³/mol. The number of thiophene rings is 1. The van der Waals surface area contributed by atoms with E-state index in [1.165, 1.54) is 20.5 Å². The van der Waals surface area contributed by atoms with Crippen LogP contribution in [0.25, 0.3) is 0 Å². The van der Waals surface area contributed by atoms with Crippen LogP contribution in [0, 0.1) is 17.2 Å². The third kappa shape index (κ3) is 3.66. The molecule has 6 nitrogen and oxygen atoms in total. The average molecular weight is 341 g/mol. The number of nitrogens with zero attached hydrogens (tertiary/aromatic N) is 3. The molecule has 0 radical (unpaired) electrons. The molecule has 2 heterocycles. The Morgan fingerprint density at radius 2 is 2.36 bits per heavy atom. The summed E-state index contributed by atoms with van der Waals surface area (Å²) < 4.78 is 26.8. The summed E-state index contributed by atoms with van der Waals surface area (Å²) in [6.07, 6.45) is 1.64. The Morgan fingerprint density at radius 3 is 3.00 bits per heavy atom. The molecule has 1 unspecified atom stereocenters. The highest BCUT2D eigenvalue weighted by molar-refractivity contribution is 7.91. The van der Waals surface area contributed by atoms with E-state index in [-0.39, 0.29) is 24.8 Å². The van der Waals surface area contributed by atoms with Crippen LogP contribution in [0.2, 0.25) is 0 Å². The van der Waals surface area contributed by atoms with E-state index in [1.807, 2.05) is 6.07 Å². The summed E-state index contributed by atoms with van der Waals surface area (Å²) in [6.45, 7) is 1.05. The van der Waals surface area contributed by atoms with Crippen molar-refractivity contribution in [3.63, 3.8) is 0 Å². The Balaban J connectivity index is 2.06. The van der Waals surface area contributed by atoms with E-state index in [9.17, 15) is 13.2 Å². The maximum atomic E-state index is 12.5. The Bertz CT molecular complexity index is 649. The van der Waals surface area contributed by atoms with E-state index in [0.717, 1.165) is 0 Å². The minimum atomic E-state index is -3.50. The van der Waals surface area contributed by atoms with E-state index in [0.29, 0.717) is 30.1 Å². The van der Waals surface area contributed by atoms with Gasteiger partial charge in [0.1, 0.15) is 4.21 Å². The number of carbonyl (C=O) groups is 1. The maximum absolute atomic E-state index is 12.5. The lowest BCUT2D eigenvalue weighted by atomic mass is 9.98. The molecule has 8 heteroatoms. The van der Waals surface area contributed by atoms with Gasteiger partial charge >= 0.3 is 0 Å². The second kappa shape index (κ2) is 7.22. The number of amides is 1. The molecule has 1 saturated heterocycles. The number of hydrogen-bond acceptors (Lipinski definition) is 5. The first-order chi connectivity index (χ1) is 10.5. The summed E-state index contributed by atoms with van der Waals surface area (Å²) in [5.41, 5.74) is 0. The van der Waals surface area contributed by atoms with Crippen LogP contribution in [0.1, 0.15) is 19.3 Å². The van der Waals surface area contributed by atoms with Gasteiger partial charge in [-0.1, -0.05) is 6.07 Å². The first kappa shape index (κ1) is 16.9. The van der Waals surface area contributed by atoms with Gasteiger partial charge in [-0.15, -0.1) is 11.3 Å². The lowest BCUT2D eigenvalue weighted by Crippen LogP contribution is -2.45. The van der Waals surface area contributed by atoms with Crippen LogP contribution < -0.4 is 0 Å². The zero-order chi connectivity index (χ0) is 16.2. The fourth-order valence-corrected chi connectivity index (χ4v) is 5.21. The van der Waals surface area contributed by atoms with Crippen LogP contribution in [-0.4, -0.2) is 50.2 Å². The Kier molecular flexibility index (Phi) is 5.56. The molecule has 22 heavy (non-hydrogen) atoms. The van der Waals surface area contributed by atoms with Crippen LogP contribution in [-0.2, 0) is 14.8 Å². The minimum Gasteiger partial charge on any atom is -0.344 e. The van der Waals surface area contributed by atoms with Gasteiger partial charge in [0.2, 0.25) is 5.91 Å². The summed E-state index contributed by atoms with van der Waals surface area (Å²) >= 11 is 1.19. The second-order valence-electron chi connectivity index (χ2n) is 5.30. The molecule has 1 aromatic heterocycles. The molecule has 1 aliphatic rings. The fraction of sp³-hybridized carbons (Fsp3) is 0.571. The highest BCUT2D eigenvalue weighted by Gasteiger charge is 2.34. The van der Waals surface area contributed by atoms with E-state index in [4.69, 9.17) is 5.26 Å². The average Bonchev–Trinajstić information content (AvgIpc) is 3.07. The van der Waals surface area contributed by atoms with Gasteiger partial charge in [0.25, 0.3) is 10.0 Å². The monoisotopic (exact) mass is 341 g/mol. The molecule has 1 aliphatic heterocycles. The molecule has 0 spiro atoms. The molecule has 120 valence electrons. The van der Waals surface area contributed by atoms with Gasteiger partial charge in [0.05, 0.1) is 18.4 Å². The van der Waals surface area contributed by atoms with Crippen molar-refractivity contribution in [3.8, 4) is 6.07 Å². The minimum absolute atomic E-state index is 0.0821. The standard InChI is InChI=1S/C14H19N3O3S2/c1-16(8-4-7-15)14(18)12-5-2-9-17(11-12)22(19,20)13-6-3-10-21-13/h3,6,10,12H,2,4-5,8-9,11H2,1H3. The van der Waals surface area contributed by atoms with Gasteiger partial charge in [-0.3, -0.25) is 4.79 Å². The predicted octanol–water partition coefficient (Wildman–Crippen LogP) is 1.52. The third-order valence-electron chi connectivity index (χ3n) is 3.76.